The van der Waals surface area contributed by atoms with Gasteiger partial charge in [0.25, 0.3) is 0 Å². The third-order valence-electron chi connectivity index (χ3n) is 4.66. The van der Waals surface area contributed by atoms with Gasteiger partial charge in [0.15, 0.2) is 0 Å². The molecule has 0 aromatic carbocycles. The van der Waals surface area contributed by atoms with Crippen molar-refractivity contribution in [2.45, 2.75) is 31.8 Å². The molecule has 1 saturated carbocycles. The molecule has 0 saturated heterocycles. The molecule has 0 unspecified atom stereocenters. The van der Waals surface area contributed by atoms with E-state index in [1.165, 1.54) is 29.8 Å². The molecule has 5 nitrogen and oxygen atoms in total. The molecule has 0 radical (unpaired) electrons. The molecule has 0 N–H and O–H groups in total. The summed E-state index contributed by atoms with van der Waals surface area (Å²) in [7, 11) is 2.09. The molecule has 22 heavy (non-hydrogen) atoms. The smallest absolute Gasteiger partial charge is 0.0949 e. The molecule has 2 aromatic heterocycles. The Hall–Kier alpha value is -1.59. The van der Waals surface area contributed by atoms with Crippen molar-refractivity contribution in [3.63, 3.8) is 0 Å². The van der Waals surface area contributed by atoms with Gasteiger partial charge in [0, 0.05) is 50.5 Å². The van der Waals surface area contributed by atoms with Crippen molar-refractivity contribution in [2.75, 3.05) is 19.8 Å². The summed E-state index contributed by atoms with van der Waals surface area (Å²) >= 11 is 0. The minimum absolute atomic E-state index is 0.405. The number of ether oxygens (including phenoxy) is 1. The van der Waals surface area contributed by atoms with Gasteiger partial charge in [-0.05, 0) is 24.8 Å². The second kappa shape index (κ2) is 5.89. The first-order valence-electron chi connectivity index (χ1n) is 8.11. The number of aryl methyl sites for hydroxylation is 1. The zero-order chi connectivity index (χ0) is 14.9. The largest absolute Gasteiger partial charge is 0.472 e. The van der Waals surface area contributed by atoms with E-state index in [4.69, 9.17) is 9.15 Å². The number of furan rings is 1. The normalized spacial score (nSPS) is 22.0. The molecule has 5 heteroatoms. The number of fused-ring (bicyclic) bond motifs is 1. The summed E-state index contributed by atoms with van der Waals surface area (Å²) in [5.74, 6) is 1.22. The molecule has 1 atom stereocenters. The number of hydrogen-bond donors (Lipinski definition) is 0. The Kier molecular flexibility index (Phi) is 3.76. The van der Waals surface area contributed by atoms with E-state index < -0.39 is 0 Å². The van der Waals surface area contributed by atoms with E-state index in [1.54, 1.807) is 6.26 Å². The summed E-state index contributed by atoms with van der Waals surface area (Å²) in [4.78, 5) is 7.02. The lowest BCUT2D eigenvalue weighted by molar-refractivity contribution is 0.0867. The van der Waals surface area contributed by atoms with E-state index in [1.807, 2.05) is 18.7 Å². The average molecular weight is 301 g/mol. The molecule has 1 fully saturated rings. The highest BCUT2D eigenvalue weighted by Gasteiger charge is 2.30. The van der Waals surface area contributed by atoms with Gasteiger partial charge in [-0.3, -0.25) is 4.90 Å². The Labute approximate surface area is 130 Å². The van der Waals surface area contributed by atoms with Crippen molar-refractivity contribution in [1.29, 1.82) is 0 Å². The molecule has 1 aliphatic carbocycles. The van der Waals surface area contributed by atoms with Gasteiger partial charge in [-0.2, -0.15) is 0 Å². The van der Waals surface area contributed by atoms with Crippen LogP contribution in [-0.4, -0.2) is 34.2 Å². The summed E-state index contributed by atoms with van der Waals surface area (Å²) in [6.45, 7) is 4.55. The van der Waals surface area contributed by atoms with Crippen LogP contribution in [0, 0.1) is 5.92 Å². The minimum Gasteiger partial charge on any atom is -0.472 e. The Morgan fingerprint density at radius 3 is 3.05 bits per heavy atom. The highest BCUT2D eigenvalue weighted by atomic mass is 16.5. The zero-order valence-corrected chi connectivity index (χ0v) is 13.1. The van der Waals surface area contributed by atoms with E-state index in [-0.39, 0.29) is 0 Å². The fourth-order valence-corrected chi connectivity index (χ4v) is 3.36. The summed E-state index contributed by atoms with van der Waals surface area (Å²) in [5, 5.41) is 0. The second-order valence-electron chi connectivity index (χ2n) is 6.67. The molecule has 0 amide bonds. The quantitative estimate of drug-likeness (QED) is 0.822. The highest BCUT2D eigenvalue weighted by molar-refractivity contribution is 5.22. The number of nitrogens with zero attached hydrogens (tertiary/aromatic N) is 3. The highest BCUT2D eigenvalue weighted by Crippen LogP contribution is 2.31. The predicted octanol–water partition coefficient (Wildman–Crippen LogP) is 2.54. The van der Waals surface area contributed by atoms with E-state index in [9.17, 15) is 0 Å². The maximum atomic E-state index is 5.98. The topological polar surface area (TPSA) is 43.4 Å². The summed E-state index contributed by atoms with van der Waals surface area (Å²) in [6, 6.07) is 2.03. The SMILES string of the molecule is Cn1cnc2c1[C@H](COCC1CC1)CN(Cc1ccoc1)C2. The maximum Gasteiger partial charge on any atom is 0.0949 e. The first-order valence-corrected chi connectivity index (χ1v) is 8.11. The van der Waals surface area contributed by atoms with Crippen molar-refractivity contribution in [2.24, 2.45) is 13.0 Å². The zero-order valence-electron chi connectivity index (χ0n) is 13.1. The van der Waals surface area contributed by atoms with Crippen molar-refractivity contribution >= 4 is 0 Å². The van der Waals surface area contributed by atoms with E-state index in [0.29, 0.717) is 5.92 Å². The van der Waals surface area contributed by atoms with Crippen LogP contribution in [0.4, 0.5) is 0 Å². The van der Waals surface area contributed by atoms with Crippen LogP contribution in [0.25, 0.3) is 0 Å². The van der Waals surface area contributed by atoms with Crippen LogP contribution in [-0.2, 0) is 24.9 Å². The van der Waals surface area contributed by atoms with Gasteiger partial charge in [-0.1, -0.05) is 0 Å². The molecule has 2 aromatic rings. The van der Waals surface area contributed by atoms with Crippen LogP contribution in [0.15, 0.2) is 29.3 Å². The van der Waals surface area contributed by atoms with E-state index in [0.717, 1.165) is 38.8 Å². The fraction of sp³-hybridized carbons (Fsp3) is 0.588. The summed E-state index contributed by atoms with van der Waals surface area (Å²) < 4.78 is 13.3. The lowest BCUT2D eigenvalue weighted by Crippen LogP contribution is -2.36. The molecular weight excluding hydrogens is 278 g/mol. The van der Waals surface area contributed by atoms with Crippen LogP contribution in [0.2, 0.25) is 0 Å². The lowest BCUT2D eigenvalue weighted by atomic mass is 9.98. The number of rotatable bonds is 6. The van der Waals surface area contributed by atoms with Gasteiger partial charge >= 0.3 is 0 Å². The molecule has 4 rings (SSSR count). The first-order chi connectivity index (χ1) is 10.8. The van der Waals surface area contributed by atoms with Crippen molar-refractivity contribution in [3.8, 4) is 0 Å². The van der Waals surface area contributed by atoms with Gasteiger partial charge in [0.1, 0.15) is 0 Å². The predicted molar refractivity (Wildman–Crippen MR) is 82.3 cm³/mol. The summed E-state index contributed by atoms with van der Waals surface area (Å²) in [5.41, 5.74) is 3.76. The lowest BCUT2D eigenvalue weighted by Gasteiger charge is -2.32. The Bertz CT molecular complexity index is 616. The molecular formula is C17H23N3O2. The second-order valence-corrected chi connectivity index (χ2v) is 6.67. The molecule has 3 heterocycles. The van der Waals surface area contributed by atoms with Crippen molar-refractivity contribution < 1.29 is 9.15 Å². The van der Waals surface area contributed by atoms with Crippen LogP contribution >= 0.6 is 0 Å². The monoisotopic (exact) mass is 301 g/mol. The molecule has 0 bridgehead atoms. The van der Waals surface area contributed by atoms with E-state index in [2.05, 4.69) is 21.5 Å². The molecule has 2 aliphatic rings. The van der Waals surface area contributed by atoms with Gasteiger partial charge in [0.05, 0.1) is 31.2 Å². The molecule has 118 valence electrons. The van der Waals surface area contributed by atoms with Crippen molar-refractivity contribution in [1.82, 2.24) is 14.5 Å². The Morgan fingerprint density at radius 1 is 1.36 bits per heavy atom. The van der Waals surface area contributed by atoms with Crippen LogP contribution in [0.3, 0.4) is 0 Å². The Balaban J connectivity index is 1.46. The number of hydrogen-bond acceptors (Lipinski definition) is 4. The van der Waals surface area contributed by atoms with Gasteiger partial charge in [0.2, 0.25) is 0 Å². The van der Waals surface area contributed by atoms with Crippen LogP contribution < -0.4 is 0 Å². The Morgan fingerprint density at radius 2 is 2.27 bits per heavy atom. The van der Waals surface area contributed by atoms with Gasteiger partial charge in [-0.25, -0.2) is 4.98 Å². The van der Waals surface area contributed by atoms with Crippen LogP contribution in [0.1, 0.15) is 35.7 Å². The molecule has 1 aliphatic heterocycles. The fourth-order valence-electron chi connectivity index (χ4n) is 3.36. The standard InChI is InChI=1S/C17H23N3O2/c1-19-12-18-16-8-20(6-14-4-5-21-10-14)7-15(17(16)19)11-22-9-13-2-3-13/h4-5,10,12-13,15H,2-3,6-9,11H2,1H3/t15-/m0/s1. The number of imidazole rings is 1. The average Bonchev–Trinajstić information content (AvgIpc) is 3.04. The summed E-state index contributed by atoms with van der Waals surface area (Å²) in [6.07, 6.45) is 8.18. The van der Waals surface area contributed by atoms with Gasteiger partial charge < -0.3 is 13.7 Å². The number of aromatic nitrogens is 2. The third-order valence-corrected chi connectivity index (χ3v) is 4.66. The first kappa shape index (κ1) is 14.0. The van der Waals surface area contributed by atoms with Crippen LogP contribution in [0.5, 0.6) is 0 Å². The minimum atomic E-state index is 0.405. The maximum absolute atomic E-state index is 5.98. The van der Waals surface area contributed by atoms with E-state index >= 15 is 0 Å². The van der Waals surface area contributed by atoms with Crippen molar-refractivity contribution in [3.05, 3.63) is 41.9 Å². The third kappa shape index (κ3) is 2.96. The molecule has 0 spiro atoms. The van der Waals surface area contributed by atoms with Gasteiger partial charge in [-0.15, -0.1) is 0 Å².